The Labute approximate surface area is 120 Å². The second kappa shape index (κ2) is 8.53. The normalized spacial score (nSPS) is 21.9. The first-order valence-corrected chi connectivity index (χ1v) is 7.87. The Kier molecular flexibility index (Phi) is 8.27. The number of fused-ring (bicyclic) bond motifs is 1. The van der Waals surface area contributed by atoms with Crippen LogP contribution in [0.3, 0.4) is 0 Å². The minimum Gasteiger partial charge on any atom is -0.344 e. The topological polar surface area (TPSA) is 33.2 Å². The van der Waals surface area contributed by atoms with Gasteiger partial charge in [0.25, 0.3) is 0 Å². The molecule has 104 valence electrons. The van der Waals surface area contributed by atoms with Gasteiger partial charge in [-0.1, -0.05) is 27.7 Å². The first-order valence-electron chi connectivity index (χ1n) is 6.47. The lowest BCUT2D eigenvalue weighted by Gasteiger charge is -2.18. The molecule has 0 saturated heterocycles. The molecule has 0 spiro atoms. The largest absolute Gasteiger partial charge is 0.344 e. The Morgan fingerprint density at radius 1 is 1.39 bits per heavy atom. The summed E-state index contributed by atoms with van der Waals surface area (Å²) in [6, 6.07) is 0. The molecule has 2 heterocycles. The molecule has 0 radical (unpaired) electrons. The van der Waals surface area contributed by atoms with Crippen LogP contribution in [0.4, 0.5) is 0 Å². The van der Waals surface area contributed by atoms with Gasteiger partial charge in [0.05, 0.1) is 22.4 Å². The molecule has 2 rings (SSSR count). The van der Waals surface area contributed by atoms with E-state index in [1.807, 2.05) is 41.7 Å². The van der Waals surface area contributed by atoms with Crippen LogP contribution < -0.4 is 0 Å². The number of thiazole rings is 1. The number of aromatic nitrogens is 1. The van der Waals surface area contributed by atoms with Crippen molar-refractivity contribution in [3.63, 3.8) is 0 Å². The summed E-state index contributed by atoms with van der Waals surface area (Å²) in [5, 5.41) is 0.108. The Bertz CT molecular complexity index is 366. The molecule has 0 aliphatic carbocycles. The highest BCUT2D eigenvalue weighted by atomic mass is 32.1. The monoisotopic (exact) mass is 288 g/mol. The first kappa shape index (κ1) is 17.4. The van der Waals surface area contributed by atoms with Crippen molar-refractivity contribution in [3.05, 3.63) is 16.1 Å². The molecule has 1 aliphatic heterocycles. The van der Waals surface area contributed by atoms with E-state index in [0.29, 0.717) is 6.54 Å². The number of nitrogens with zero attached hydrogens (tertiary/aromatic N) is 2. The van der Waals surface area contributed by atoms with Gasteiger partial charge < -0.3 is 4.90 Å². The molecule has 1 amide bonds. The number of thiol groups is 1. The second-order valence-electron chi connectivity index (χ2n) is 3.56. The van der Waals surface area contributed by atoms with Crippen LogP contribution in [-0.4, -0.2) is 29.4 Å². The number of amides is 1. The fourth-order valence-corrected chi connectivity index (χ4v) is 3.14. The maximum Gasteiger partial charge on any atom is 0.231 e. The quantitative estimate of drug-likeness (QED) is 0.738. The molecule has 0 aromatic carbocycles. The fraction of sp³-hybridized carbons (Fsp3) is 0.692. The van der Waals surface area contributed by atoms with E-state index in [9.17, 15) is 4.79 Å². The van der Waals surface area contributed by atoms with Crippen molar-refractivity contribution in [3.8, 4) is 0 Å². The molecule has 3 nitrogen and oxygen atoms in total. The van der Waals surface area contributed by atoms with Gasteiger partial charge in [0.2, 0.25) is 5.91 Å². The number of rotatable bonds is 0. The van der Waals surface area contributed by atoms with E-state index in [4.69, 9.17) is 0 Å². The van der Waals surface area contributed by atoms with Crippen molar-refractivity contribution < 1.29 is 4.79 Å². The summed E-state index contributed by atoms with van der Waals surface area (Å²) in [6.07, 6.45) is 0. The lowest BCUT2D eigenvalue weighted by Crippen LogP contribution is -2.30. The van der Waals surface area contributed by atoms with Crippen LogP contribution in [0.15, 0.2) is 5.51 Å². The van der Waals surface area contributed by atoms with Crippen LogP contribution in [-0.2, 0) is 4.79 Å². The van der Waals surface area contributed by atoms with E-state index < -0.39 is 0 Å². The van der Waals surface area contributed by atoms with E-state index in [1.54, 1.807) is 21.7 Å². The Morgan fingerprint density at radius 2 is 1.94 bits per heavy atom. The summed E-state index contributed by atoms with van der Waals surface area (Å²) in [4.78, 5) is 18.9. The minimum absolute atomic E-state index is 0.108. The number of hydrogen-bond acceptors (Lipinski definition) is 4. The molecule has 1 aromatic heterocycles. The third-order valence-electron chi connectivity index (χ3n) is 2.53. The summed E-state index contributed by atoms with van der Waals surface area (Å²) in [5.41, 5.74) is 2.70. The maximum absolute atomic E-state index is 11.8. The van der Waals surface area contributed by atoms with Gasteiger partial charge in [0.1, 0.15) is 0 Å². The van der Waals surface area contributed by atoms with Gasteiger partial charge >= 0.3 is 0 Å². The van der Waals surface area contributed by atoms with Crippen LogP contribution in [0.2, 0.25) is 0 Å². The number of likely N-dealkylation sites (N-methyl/N-ethyl adjacent to an activating group) is 1. The van der Waals surface area contributed by atoms with Gasteiger partial charge in [-0.05, 0) is 6.92 Å². The van der Waals surface area contributed by atoms with Gasteiger partial charge in [-0.3, -0.25) is 4.79 Å². The van der Waals surface area contributed by atoms with Gasteiger partial charge in [-0.15, -0.1) is 11.3 Å². The molecule has 0 fully saturated rings. The highest BCUT2D eigenvalue weighted by Crippen LogP contribution is 2.35. The van der Waals surface area contributed by atoms with Crippen LogP contribution in [0, 0.1) is 0 Å². The fourth-order valence-electron chi connectivity index (χ4n) is 1.72. The third kappa shape index (κ3) is 3.72. The van der Waals surface area contributed by atoms with Gasteiger partial charge in [0, 0.05) is 18.5 Å². The molecule has 1 aliphatic rings. The van der Waals surface area contributed by atoms with E-state index in [1.165, 1.54) is 0 Å². The summed E-state index contributed by atoms with van der Waals surface area (Å²) in [6.45, 7) is 10.6. The van der Waals surface area contributed by atoms with Gasteiger partial charge in [0.15, 0.2) is 0 Å². The van der Waals surface area contributed by atoms with E-state index >= 15 is 0 Å². The van der Waals surface area contributed by atoms with E-state index in [-0.39, 0.29) is 17.1 Å². The number of carbonyl (C=O) groups excluding carboxylic acids is 1. The summed E-state index contributed by atoms with van der Waals surface area (Å²) < 4.78 is 0. The standard InChI is InChI=1S/C9H12N2OS2.2C2H6/c1-5-7-8(14-4-10-7)6(13)3-11(2)9(5)12;2*1-2/h4-6,13H,3H2,1-2H3;2*1-2H3. The highest BCUT2D eigenvalue weighted by Gasteiger charge is 2.31. The van der Waals surface area contributed by atoms with E-state index in [2.05, 4.69) is 17.6 Å². The van der Waals surface area contributed by atoms with Crippen LogP contribution in [0.25, 0.3) is 0 Å². The van der Waals surface area contributed by atoms with Crippen molar-refractivity contribution in [1.29, 1.82) is 0 Å². The molecule has 0 saturated carbocycles. The predicted molar refractivity (Wildman–Crippen MR) is 82.6 cm³/mol. The Balaban J connectivity index is 0.000000659. The SMILES string of the molecule is CC.CC.CC1C(=O)N(C)CC(S)c2scnc21. The lowest BCUT2D eigenvalue weighted by atomic mass is 10.1. The molecule has 2 atom stereocenters. The molecule has 1 aromatic rings. The van der Waals surface area contributed by atoms with Crippen molar-refractivity contribution in [2.24, 2.45) is 0 Å². The molecule has 18 heavy (non-hydrogen) atoms. The van der Waals surface area contributed by atoms with Crippen LogP contribution >= 0.6 is 24.0 Å². The van der Waals surface area contributed by atoms with Crippen molar-refractivity contribution in [2.45, 2.75) is 45.8 Å². The molecular weight excluding hydrogens is 264 g/mol. The molecule has 0 bridgehead atoms. The molecule has 0 N–H and O–H groups in total. The molecule has 5 heteroatoms. The van der Waals surface area contributed by atoms with Crippen LogP contribution in [0.5, 0.6) is 0 Å². The van der Waals surface area contributed by atoms with Crippen LogP contribution in [0.1, 0.15) is 56.4 Å². The Morgan fingerprint density at radius 3 is 2.50 bits per heavy atom. The molecule has 2 unspecified atom stereocenters. The Hall–Kier alpha value is -0.550. The summed E-state index contributed by atoms with van der Waals surface area (Å²) >= 11 is 6.08. The second-order valence-corrected chi connectivity index (χ2v) is 5.07. The zero-order valence-corrected chi connectivity index (χ0v) is 13.8. The zero-order chi connectivity index (χ0) is 14.3. The number of carbonyl (C=O) groups is 1. The summed E-state index contributed by atoms with van der Waals surface area (Å²) in [5.74, 6) is 0.00657. The minimum atomic E-state index is -0.126. The predicted octanol–water partition coefficient (Wildman–Crippen LogP) is 3.74. The average Bonchev–Trinajstić information content (AvgIpc) is 2.88. The highest BCUT2D eigenvalue weighted by molar-refractivity contribution is 7.80. The van der Waals surface area contributed by atoms with Crippen molar-refractivity contribution >= 4 is 29.9 Å². The van der Waals surface area contributed by atoms with Crippen molar-refractivity contribution in [2.75, 3.05) is 13.6 Å². The number of hydrogen-bond donors (Lipinski definition) is 1. The third-order valence-corrected chi connectivity index (χ3v) is 4.08. The first-order chi connectivity index (χ1) is 8.61. The summed E-state index contributed by atoms with van der Waals surface area (Å²) in [7, 11) is 1.82. The van der Waals surface area contributed by atoms with Crippen molar-refractivity contribution in [1.82, 2.24) is 9.88 Å². The average molecular weight is 288 g/mol. The zero-order valence-electron chi connectivity index (χ0n) is 12.1. The molecular formula is C13H24N2OS2. The van der Waals surface area contributed by atoms with Gasteiger partial charge in [-0.25, -0.2) is 4.98 Å². The smallest absolute Gasteiger partial charge is 0.231 e. The maximum atomic E-state index is 11.8. The van der Waals surface area contributed by atoms with Gasteiger partial charge in [-0.2, -0.15) is 12.6 Å². The van der Waals surface area contributed by atoms with E-state index in [0.717, 1.165) is 10.6 Å². The lowest BCUT2D eigenvalue weighted by molar-refractivity contribution is -0.130.